The van der Waals surface area contributed by atoms with Crippen molar-refractivity contribution >= 4 is 15.8 Å². The predicted molar refractivity (Wildman–Crippen MR) is 95.8 cm³/mol. The van der Waals surface area contributed by atoms with E-state index in [0.717, 1.165) is 17.3 Å². The van der Waals surface area contributed by atoms with E-state index < -0.39 is 15.8 Å². The molecule has 0 spiro atoms. The van der Waals surface area contributed by atoms with Crippen LogP contribution < -0.4 is 4.90 Å². The second-order valence-corrected chi connectivity index (χ2v) is 8.18. The first kappa shape index (κ1) is 18.3. The average molecular weight is 374 g/mol. The second kappa shape index (κ2) is 7.02. The van der Waals surface area contributed by atoms with E-state index in [4.69, 9.17) is 0 Å². The van der Waals surface area contributed by atoms with Crippen LogP contribution in [0.4, 0.5) is 10.2 Å². The summed E-state index contributed by atoms with van der Waals surface area (Å²) in [5.41, 5.74) is 2.17. The molecule has 0 atom stereocenters. The maximum absolute atomic E-state index is 13.4. The van der Waals surface area contributed by atoms with Gasteiger partial charge in [0.1, 0.15) is 17.7 Å². The van der Waals surface area contributed by atoms with Crippen molar-refractivity contribution in [1.82, 2.24) is 9.29 Å². The lowest BCUT2D eigenvalue weighted by atomic mass is 10.1. The Morgan fingerprint density at radius 3 is 2.46 bits per heavy atom. The summed E-state index contributed by atoms with van der Waals surface area (Å²) in [7, 11) is -3.74. The maximum Gasteiger partial charge on any atom is 0.243 e. The van der Waals surface area contributed by atoms with Gasteiger partial charge in [-0.2, -0.15) is 9.57 Å². The summed E-state index contributed by atoms with van der Waals surface area (Å²) in [6.45, 7) is 5.05. The number of sulfonamides is 1. The normalized spacial score (nSPS) is 15.7. The summed E-state index contributed by atoms with van der Waals surface area (Å²) in [5.74, 6) is 0.00983. The first-order chi connectivity index (χ1) is 12.3. The topological polar surface area (TPSA) is 77.3 Å². The molecule has 0 unspecified atom stereocenters. The molecule has 0 radical (unpaired) electrons. The molecule has 0 saturated carbocycles. The van der Waals surface area contributed by atoms with Gasteiger partial charge in [0.05, 0.1) is 10.5 Å². The van der Waals surface area contributed by atoms with Gasteiger partial charge in [-0.25, -0.2) is 17.8 Å². The fourth-order valence-corrected chi connectivity index (χ4v) is 4.56. The minimum atomic E-state index is -3.74. The Balaban J connectivity index is 1.81. The Bertz CT molecular complexity index is 977. The van der Waals surface area contributed by atoms with E-state index in [2.05, 4.69) is 11.1 Å². The van der Waals surface area contributed by atoms with Crippen LogP contribution in [0.5, 0.6) is 0 Å². The summed E-state index contributed by atoms with van der Waals surface area (Å²) in [6.07, 6.45) is 0. The molecule has 136 valence electrons. The highest BCUT2D eigenvalue weighted by atomic mass is 32.2. The molecule has 6 nitrogen and oxygen atoms in total. The molecule has 0 aliphatic carbocycles. The zero-order chi connectivity index (χ0) is 18.9. The summed E-state index contributed by atoms with van der Waals surface area (Å²) < 4.78 is 40.1. The quantitative estimate of drug-likeness (QED) is 0.823. The number of hydrogen-bond donors (Lipinski definition) is 0. The molecule has 2 heterocycles. The average Bonchev–Trinajstić information content (AvgIpc) is 2.61. The Kier molecular flexibility index (Phi) is 4.94. The number of pyridine rings is 1. The van der Waals surface area contributed by atoms with E-state index in [0.29, 0.717) is 24.5 Å². The van der Waals surface area contributed by atoms with E-state index in [9.17, 15) is 18.1 Å². The number of nitriles is 1. The van der Waals surface area contributed by atoms with Gasteiger partial charge in [0, 0.05) is 31.9 Å². The van der Waals surface area contributed by atoms with Gasteiger partial charge in [-0.1, -0.05) is 6.07 Å². The number of rotatable bonds is 3. The van der Waals surface area contributed by atoms with Crippen LogP contribution >= 0.6 is 0 Å². The van der Waals surface area contributed by atoms with Crippen molar-refractivity contribution in [2.45, 2.75) is 18.7 Å². The highest BCUT2D eigenvalue weighted by molar-refractivity contribution is 7.89. The molecule has 0 amide bonds. The summed E-state index contributed by atoms with van der Waals surface area (Å²) in [5, 5.41) is 9.42. The van der Waals surface area contributed by atoms with Crippen LogP contribution in [0, 0.1) is 31.0 Å². The Morgan fingerprint density at radius 2 is 1.85 bits per heavy atom. The number of aromatic nitrogens is 1. The van der Waals surface area contributed by atoms with Crippen LogP contribution in [0.15, 0.2) is 35.2 Å². The van der Waals surface area contributed by atoms with Crippen molar-refractivity contribution in [3.05, 3.63) is 53.0 Å². The minimum Gasteiger partial charge on any atom is -0.353 e. The fraction of sp³-hybridized carbons (Fsp3) is 0.333. The van der Waals surface area contributed by atoms with Crippen molar-refractivity contribution in [2.24, 2.45) is 0 Å². The molecule has 1 fully saturated rings. The third-order valence-electron chi connectivity index (χ3n) is 4.41. The van der Waals surface area contributed by atoms with Crippen LogP contribution in [0.1, 0.15) is 16.8 Å². The summed E-state index contributed by atoms with van der Waals surface area (Å²) in [6, 6.07) is 9.06. The van der Waals surface area contributed by atoms with E-state index >= 15 is 0 Å². The molecular weight excluding hydrogens is 355 g/mol. The number of nitrogens with zero attached hydrogens (tertiary/aromatic N) is 4. The van der Waals surface area contributed by atoms with E-state index in [1.165, 1.54) is 22.5 Å². The summed E-state index contributed by atoms with van der Waals surface area (Å²) in [4.78, 5) is 6.35. The van der Waals surface area contributed by atoms with Gasteiger partial charge in [0.2, 0.25) is 10.0 Å². The molecular formula is C18H19FN4O2S. The van der Waals surface area contributed by atoms with Crippen molar-refractivity contribution in [3.63, 3.8) is 0 Å². The molecule has 1 aromatic carbocycles. The number of aryl methyl sites for hydroxylation is 2. The summed E-state index contributed by atoms with van der Waals surface area (Å²) >= 11 is 0. The predicted octanol–water partition coefficient (Wildman–Crippen LogP) is 2.22. The second-order valence-electron chi connectivity index (χ2n) is 6.24. The van der Waals surface area contributed by atoms with Gasteiger partial charge in [-0.05, 0) is 43.7 Å². The van der Waals surface area contributed by atoms with Crippen molar-refractivity contribution in [2.75, 3.05) is 31.1 Å². The number of benzene rings is 1. The third kappa shape index (κ3) is 3.41. The minimum absolute atomic E-state index is 0.0480. The Morgan fingerprint density at radius 1 is 1.15 bits per heavy atom. The SMILES string of the molecule is Cc1cc(C)c(C#N)c(N2CCN(S(=O)(=O)c3cccc(F)c3)CC2)n1. The number of halogens is 1. The fourth-order valence-electron chi connectivity index (χ4n) is 3.10. The lowest BCUT2D eigenvalue weighted by Gasteiger charge is -2.35. The van der Waals surface area contributed by atoms with E-state index in [-0.39, 0.29) is 18.0 Å². The van der Waals surface area contributed by atoms with Crippen molar-refractivity contribution in [1.29, 1.82) is 5.26 Å². The van der Waals surface area contributed by atoms with E-state index in [1.54, 1.807) is 0 Å². The molecule has 1 aliphatic rings. The highest BCUT2D eigenvalue weighted by Crippen LogP contribution is 2.25. The first-order valence-corrected chi connectivity index (χ1v) is 9.66. The standard InChI is InChI=1S/C18H19FN4O2S/c1-13-10-14(2)21-18(17(13)12-20)22-6-8-23(9-7-22)26(24,25)16-5-3-4-15(19)11-16/h3-5,10-11H,6-9H2,1-2H3. The number of anilines is 1. The van der Waals surface area contributed by atoms with Crippen LogP contribution in [0.3, 0.4) is 0 Å². The zero-order valence-electron chi connectivity index (χ0n) is 14.6. The zero-order valence-corrected chi connectivity index (χ0v) is 15.4. The van der Waals surface area contributed by atoms with E-state index in [1.807, 2.05) is 24.8 Å². The Labute approximate surface area is 152 Å². The first-order valence-electron chi connectivity index (χ1n) is 8.22. The molecule has 1 aromatic heterocycles. The molecule has 0 bridgehead atoms. The monoisotopic (exact) mass is 374 g/mol. The van der Waals surface area contributed by atoms with Crippen LogP contribution in [0.25, 0.3) is 0 Å². The molecule has 1 saturated heterocycles. The Hall–Kier alpha value is -2.50. The third-order valence-corrected chi connectivity index (χ3v) is 6.30. The largest absolute Gasteiger partial charge is 0.353 e. The molecule has 3 rings (SSSR count). The van der Waals surface area contributed by atoms with Gasteiger partial charge in [-0.15, -0.1) is 0 Å². The molecule has 8 heteroatoms. The van der Waals surface area contributed by atoms with Crippen LogP contribution in [-0.2, 0) is 10.0 Å². The molecule has 2 aromatic rings. The van der Waals surface area contributed by atoms with Gasteiger partial charge in [0.15, 0.2) is 0 Å². The highest BCUT2D eigenvalue weighted by Gasteiger charge is 2.30. The van der Waals surface area contributed by atoms with Crippen LogP contribution in [-0.4, -0.2) is 43.9 Å². The van der Waals surface area contributed by atoms with Crippen molar-refractivity contribution < 1.29 is 12.8 Å². The van der Waals surface area contributed by atoms with Gasteiger partial charge in [-0.3, -0.25) is 0 Å². The van der Waals surface area contributed by atoms with Gasteiger partial charge >= 0.3 is 0 Å². The molecule has 26 heavy (non-hydrogen) atoms. The van der Waals surface area contributed by atoms with Crippen molar-refractivity contribution in [3.8, 4) is 6.07 Å². The number of piperazine rings is 1. The maximum atomic E-state index is 13.4. The van der Waals surface area contributed by atoms with Gasteiger partial charge < -0.3 is 4.90 Å². The van der Waals surface area contributed by atoms with Crippen LogP contribution in [0.2, 0.25) is 0 Å². The van der Waals surface area contributed by atoms with Gasteiger partial charge in [0.25, 0.3) is 0 Å². The lowest BCUT2D eigenvalue weighted by Crippen LogP contribution is -2.49. The smallest absolute Gasteiger partial charge is 0.243 e. The molecule has 0 N–H and O–H groups in total. The molecule has 1 aliphatic heterocycles. The lowest BCUT2D eigenvalue weighted by molar-refractivity contribution is 0.383. The number of hydrogen-bond acceptors (Lipinski definition) is 5.